The van der Waals surface area contributed by atoms with Crippen LogP contribution in [-0.4, -0.2) is 38.1 Å². The van der Waals surface area contributed by atoms with Crippen LogP contribution in [0.3, 0.4) is 0 Å². The van der Waals surface area contributed by atoms with Gasteiger partial charge in [-0.3, -0.25) is 9.59 Å². The minimum atomic E-state index is -0.0963. The molecule has 0 bridgehead atoms. The van der Waals surface area contributed by atoms with Crippen molar-refractivity contribution in [2.24, 2.45) is 11.8 Å². The largest absolute Gasteiger partial charge is 0.337 e. The Morgan fingerprint density at radius 1 is 1.22 bits per heavy atom. The van der Waals surface area contributed by atoms with Gasteiger partial charge in [0.15, 0.2) is 5.69 Å². The summed E-state index contributed by atoms with van der Waals surface area (Å²) in [5.74, 6) is 0.764. The van der Waals surface area contributed by atoms with Crippen molar-refractivity contribution in [3.05, 3.63) is 46.4 Å². The molecule has 3 heterocycles. The van der Waals surface area contributed by atoms with E-state index in [0.29, 0.717) is 29.6 Å². The molecule has 27 heavy (non-hydrogen) atoms. The molecule has 0 spiro atoms. The average molecular weight is 366 g/mol. The van der Waals surface area contributed by atoms with Crippen LogP contribution < -0.4 is 5.56 Å². The molecular weight excluding hydrogens is 340 g/mol. The third-order valence-corrected chi connectivity index (χ3v) is 5.29. The van der Waals surface area contributed by atoms with Gasteiger partial charge in [0, 0.05) is 25.7 Å². The minimum absolute atomic E-state index is 0.0795. The summed E-state index contributed by atoms with van der Waals surface area (Å²) >= 11 is 0. The number of nitrogens with zero attached hydrogens (tertiary/aromatic N) is 4. The van der Waals surface area contributed by atoms with Gasteiger partial charge in [-0.2, -0.15) is 5.10 Å². The van der Waals surface area contributed by atoms with Crippen molar-refractivity contribution < 1.29 is 4.79 Å². The number of carbonyl (C=O) groups is 1. The van der Waals surface area contributed by atoms with Crippen LogP contribution in [0.4, 0.5) is 0 Å². The molecule has 1 aromatic carbocycles. The van der Waals surface area contributed by atoms with Crippen molar-refractivity contribution >= 4 is 22.5 Å². The molecule has 1 saturated heterocycles. The molecule has 1 unspecified atom stereocenters. The molecule has 1 amide bonds. The summed E-state index contributed by atoms with van der Waals surface area (Å²) in [4.78, 5) is 28.0. The van der Waals surface area contributed by atoms with E-state index in [1.54, 1.807) is 15.1 Å². The predicted octanol–water partition coefficient (Wildman–Crippen LogP) is 3.18. The zero-order valence-electron chi connectivity index (χ0n) is 16.2. The molecule has 0 aliphatic carbocycles. The molecule has 6 nitrogen and oxygen atoms in total. The molecule has 0 N–H and O–H groups in total. The van der Waals surface area contributed by atoms with E-state index in [1.165, 1.54) is 0 Å². The highest BCUT2D eigenvalue weighted by Crippen LogP contribution is 2.20. The molecule has 1 atom stereocenters. The summed E-state index contributed by atoms with van der Waals surface area (Å²) < 4.78 is 3.43. The number of benzene rings is 1. The fraction of sp³-hybridized carbons (Fsp3) is 0.476. The van der Waals surface area contributed by atoms with Gasteiger partial charge in [-0.05, 0) is 36.8 Å². The first-order valence-electron chi connectivity index (χ1n) is 9.76. The van der Waals surface area contributed by atoms with Crippen LogP contribution in [0.2, 0.25) is 0 Å². The summed E-state index contributed by atoms with van der Waals surface area (Å²) in [6.07, 6.45) is 2.17. The molecule has 2 aromatic heterocycles. The van der Waals surface area contributed by atoms with Crippen molar-refractivity contribution in [1.29, 1.82) is 0 Å². The fourth-order valence-corrected chi connectivity index (χ4v) is 4.02. The highest BCUT2D eigenvalue weighted by atomic mass is 16.2. The lowest BCUT2D eigenvalue weighted by Crippen LogP contribution is -2.39. The molecule has 4 rings (SSSR count). The molecule has 0 radical (unpaired) electrons. The topological polar surface area (TPSA) is 59.6 Å². The Hall–Kier alpha value is -2.63. The molecule has 142 valence electrons. The van der Waals surface area contributed by atoms with E-state index in [2.05, 4.69) is 25.9 Å². The third kappa shape index (κ3) is 3.13. The molecule has 1 fully saturated rings. The van der Waals surface area contributed by atoms with E-state index in [-0.39, 0.29) is 11.5 Å². The van der Waals surface area contributed by atoms with Gasteiger partial charge in [0.05, 0.1) is 11.0 Å². The van der Waals surface area contributed by atoms with Gasteiger partial charge in [-0.15, -0.1) is 0 Å². The van der Waals surface area contributed by atoms with Gasteiger partial charge in [-0.25, -0.2) is 4.52 Å². The molecule has 1 aliphatic heterocycles. The van der Waals surface area contributed by atoms with Crippen LogP contribution in [0.25, 0.3) is 16.6 Å². The number of hydrogen-bond acceptors (Lipinski definition) is 3. The lowest BCUT2D eigenvalue weighted by molar-refractivity contribution is 0.0677. The maximum Gasteiger partial charge on any atom is 0.277 e. The Bertz CT molecular complexity index is 1060. The number of rotatable bonds is 3. The number of carbonyl (C=O) groups excluding carboxylic acids is 1. The number of amides is 1. The lowest BCUT2D eigenvalue weighted by Gasteiger charge is -2.30. The Balaban J connectivity index is 1.87. The van der Waals surface area contributed by atoms with Crippen LogP contribution >= 0.6 is 0 Å². The molecule has 0 saturated carbocycles. The second kappa shape index (κ2) is 6.83. The average Bonchev–Trinajstić information content (AvgIpc) is 3.10. The third-order valence-electron chi connectivity index (χ3n) is 5.29. The summed E-state index contributed by atoms with van der Waals surface area (Å²) in [5, 5.41) is 4.53. The van der Waals surface area contributed by atoms with Crippen molar-refractivity contribution in [2.45, 2.75) is 40.2 Å². The second-order valence-electron chi connectivity index (χ2n) is 8.12. The van der Waals surface area contributed by atoms with Crippen LogP contribution in [0, 0.1) is 11.8 Å². The van der Waals surface area contributed by atoms with Crippen molar-refractivity contribution in [3.63, 3.8) is 0 Å². The quantitative estimate of drug-likeness (QED) is 0.715. The van der Waals surface area contributed by atoms with Crippen LogP contribution in [-0.2, 0) is 6.54 Å². The lowest BCUT2D eigenvalue weighted by atomic mass is 10.00. The van der Waals surface area contributed by atoms with Crippen LogP contribution in [0.15, 0.2) is 35.1 Å². The smallest absolute Gasteiger partial charge is 0.277 e. The Kier molecular flexibility index (Phi) is 4.50. The van der Waals surface area contributed by atoms with E-state index in [0.717, 1.165) is 37.0 Å². The fourth-order valence-electron chi connectivity index (χ4n) is 4.02. The monoisotopic (exact) mass is 366 g/mol. The van der Waals surface area contributed by atoms with Gasteiger partial charge >= 0.3 is 0 Å². The highest BCUT2D eigenvalue weighted by molar-refractivity contribution is 5.94. The van der Waals surface area contributed by atoms with E-state index in [9.17, 15) is 9.59 Å². The van der Waals surface area contributed by atoms with Crippen molar-refractivity contribution in [1.82, 2.24) is 19.1 Å². The molecule has 1 aliphatic rings. The summed E-state index contributed by atoms with van der Waals surface area (Å²) in [7, 11) is 0. The molecule has 3 aromatic rings. The highest BCUT2D eigenvalue weighted by Gasteiger charge is 2.25. The van der Waals surface area contributed by atoms with Crippen molar-refractivity contribution in [2.75, 3.05) is 13.1 Å². The maximum atomic E-state index is 13.1. The van der Waals surface area contributed by atoms with E-state index < -0.39 is 0 Å². The number of piperidine rings is 1. The predicted molar refractivity (Wildman–Crippen MR) is 106 cm³/mol. The first-order valence-corrected chi connectivity index (χ1v) is 9.76. The van der Waals surface area contributed by atoms with E-state index in [1.807, 2.05) is 29.2 Å². The number of likely N-dealkylation sites (tertiary alicyclic amines) is 1. The van der Waals surface area contributed by atoms with Gasteiger partial charge in [0.25, 0.3) is 11.5 Å². The SMILES string of the molecule is CC(C)Cn1c(=O)c2cc(C(=O)N3CCCC(C)C3)nn2c2ccccc21. The maximum absolute atomic E-state index is 13.1. The molecule has 6 heteroatoms. The second-order valence-corrected chi connectivity index (χ2v) is 8.12. The summed E-state index contributed by atoms with van der Waals surface area (Å²) in [5.41, 5.74) is 2.41. The van der Waals surface area contributed by atoms with E-state index in [4.69, 9.17) is 0 Å². The normalized spacial score (nSPS) is 17.9. The Labute approximate surface area is 158 Å². The first kappa shape index (κ1) is 17.8. The minimum Gasteiger partial charge on any atom is -0.337 e. The van der Waals surface area contributed by atoms with Crippen LogP contribution in [0.1, 0.15) is 44.1 Å². The zero-order chi connectivity index (χ0) is 19.1. The Morgan fingerprint density at radius 2 is 1.96 bits per heavy atom. The zero-order valence-corrected chi connectivity index (χ0v) is 16.2. The number of fused-ring (bicyclic) bond motifs is 3. The number of para-hydroxylation sites is 2. The number of hydrogen-bond donors (Lipinski definition) is 0. The van der Waals surface area contributed by atoms with Gasteiger partial charge in [-0.1, -0.05) is 32.9 Å². The first-order chi connectivity index (χ1) is 13.0. The summed E-state index contributed by atoms with van der Waals surface area (Å²) in [6.45, 7) is 8.50. The molecular formula is C21H26N4O2. The summed E-state index contributed by atoms with van der Waals surface area (Å²) in [6, 6.07) is 9.40. The number of aromatic nitrogens is 3. The Morgan fingerprint density at radius 3 is 2.67 bits per heavy atom. The van der Waals surface area contributed by atoms with Crippen LogP contribution in [0.5, 0.6) is 0 Å². The van der Waals surface area contributed by atoms with E-state index >= 15 is 0 Å². The van der Waals surface area contributed by atoms with Gasteiger partial charge < -0.3 is 9.47 Å². The standard InChI is InChI=1S/C21H26N4O2/c1-14(2)12-24-17-8-4-5-9-18(17)25-19(21(24)27)11-16(22-25)20(26)23-10-6-7-15(3)13-23/h4-5,8-9,11,14-15H,6-7,10,12-13H2,1-3H3. The van der Waals surface area contributed by atoms with Crippen molar-refractivity contribution in [3.8, 4) is 0 Å². The van der Waals surface area contributed by atoms with Gasteiger partial charge in [0.1, 0.15) is 5.52 Å². The van der Waals surface area contributed by atoms with Gasteiger partial charge in [0.2, 0.25) is 0 Å².